The highest BCUT2D eigenvalue weighted by Gasteiger charge is 2.16. The van der Waals surface area contributed by atoms with Gasteiger partial charge in [-0.15, -0.1) is 0 Å². The summed E-state index contributed by atoms with van der Waals surface area (Å²) in [5, 5.41) is 8.74. The second-order valence-corrected chi connectivity index (χ2v) is 6.76. The molecular weight excluding hydrogens is 362 g/mol. The van der Waals surface area contributed by atoms with Gasteiger partial charge >= 0.3 is 0 Å². The van der Waals surface area contributed by atoms with E-state index in [0.29, 0.717) is 22.1 Å². The van der Waals surface area contributed by atoms with Crippen molar-refractivity contribution in [3.8, 4) is 0 Å². The molecule has 0 fully saturated rings. The number of nitrogens with one attached hydrogen (secondary N) is 3. The number of halogens is 1. The number of rotatable bonds is 4. The minimum atomic E-state index is -0.244. The number of anilines is 4. The Morgan fingerprint density at radius 3 is 2.74 bits per heavy atom. The van der Waals surface area contributed by atoms with Crippen molar-refractivity contribution in [2.75, 3.05) is 23.1 Å². The van der Waals surface area contributed by atoms with E-state index in [1.54, 1.807) is 42.6 Å². The molecule has 1 aliphatic rings. The molecule has 27 heavy (non-hydrogen) atoms. The molecule has 3 N–H and O–H groups in total. The van der Waals surface area contributed by atoms with E-state index in [-0.39, 0.29) is 5.91 Å². The third kappa shape index (κ3) is 3.86. The third-order valence-corrected chi connectivity index (χ3v) is 4.50. The number of pyridine rings is 1. The van der Waals surface area contributed by atoms with Crippen molar-refractivity contribution in [2.45, 2.75) is 6.54 Å². The Kier molecular flexibility index (Phi) is 4.66. The second-order valence-electron chi connectivity index (χ2n) is 6.33. The molecule has 0 radical (unpaired) electrons. The van der Waals surface area contributed by atoms with Crippen LogP contribution in [0.25, 0.3) is 0 Å². The largest absolute Gasteiger partial charge is 0.340 e. The number of amides is 1. The Bertz CT molecular complexity index is 990. The van der Waals surface area contributed by atoms with E-state index in [9.17, 15) is 4.79 Å². The number of benzene rings is 2. The molecule has 1 aliphatic heterocycles. The number of fused-ring (bicyclic) bond motifs is 1. The van der Waals surface area contributed by atoms with Gasteiger partial charge in [-0.05, 0) is 54.1 Å². The van der Waals surface area contributed by atoms with Crippen LogP contribution in [0.1, 0.15) is 15.9 Å². The van der Waals surface area contributed by atoms with E-state index < -0.39 is 0 Å². The first-order valence-corrected chi connectivity index (χ1v) is 8.86. The fraction of sp³-hybridized carbons (Fsp3) is 0.100. The van der Waals surface area contributed by atoms with Crippen LogP contribution in [0.5, 0.6) is 0 Å². The topological polar surface area (TPSA) is 69.3 Å². The normalized spacial score (nSPS) is 13.0. The van der Waals surface area contributed by atoms with Gasteiger partial charge in [-0.1, -0.05) is 17.7 Å². The summed E-state index contributed by atoms with van der Waals surface area (Å²) < 4.78 is 0. The molecule has 4 rings (SSSR count). The van der Waals surface area contributed by atoms with E-state index >= 15 is 0 Å². The summed E-state index contributed by atoms with van der Waals surface area (Å²) >= 11 is 5.89. The van der Waals surface area contributed by atoms with Crippen LogP contribution >= 0.6 is 11.6 Å². The number of carbonyl (C=O) groups is 1. The van der Waals surface area contributed by atoms with Gasteiger partial charge in [-0.25, -0.2) is 9.99 Å². The van der Waals surface area contributed by atoms with Crippen molar-refractivity contribution in [1.29, 1.82) is 0 Å². The molecule has 2 heterocycles. The second kappa shape index (κ2) is 7.26. The van der Waals surface area contributed by atoms with Gasteiger partial charge in [0.1, 0.15) is 5.82 Å². The molecule has 6 nitrogen and oxygen atoms in total. The monoisotopic (exact) mass is 379 g/mol. The van der Waals surface area contributed by atoms with Gasteiger partial charge in [0.15, 0.2) is 0 Å². The Morgan fingerprint density at radius 2 is 1.93 bits per heavy atom. The lowest BCUT2D eigenvalue weighted by molar-refractivity contribution is 0.102. The molecule has 0 unspecified atom stereocenters. The van der Waals surface area contributed by atoms with Crippen LogP contribution in [0.3, 0.4) is 0 Å². The van der Waals surface area contributed by atoms with Gasteiger partial charge in [-0.2, -0.15) is 0 Å². The molecule has 0 aliphatic carbocycles. The first-order chi connectivity index (χ1) is 13.1. The van der Waals surface area contributed by atoms with E-state index in [1.807, 2.05) is 24.2 Å². The molecular formula is C20H18ClN5O. The summed E-state index contributed by atoms with van der Waals surface area (Å²) in [5.41, 5.74) is 7.54. The lowest BCUT2D eigenvalue weighted by atomic mass is 10.1. The SMILES string of the molecule is CN1Cc2ccc(Nc3ncccc3C(=O)Nc3ccc(Cl)cc3)cc2N1. The first kappa shape index (κ1) is 17.3. The van der Waals surface area contributed by atoms with Gasteiger partial charge < -0.3 is 16.1 Å². The smallest absolute Gasteiger partial charge is 0.259 e. The van der Waals surface area contributed by atoms with Crippen molar-refractivity contribution in [1.82, 2.24) is 9.99 Å². The molecule has 3 aromatic rings. The van der Waals surface area contributed by atoms with Crippen molar-refractivity contribution in [2.24, 2.45) is 0 Å². The lowest BCUT2D eigenvalue weighted by Crippen LogP contribution is -2.16. The van der Waals surface area contributed by atoms with Crippen LogP contribution in [-0.2, 0) is 6.54 Å². The standard InChI is InChI=1S/C20H18ClN5O/c1-26-12-13-4-7-16(11-18(13)25-26)23-19-17(3-2-10-22-19)20(27)24-15-8-5-14(21)6-9-15/h2-11,25H,12H2,1H3,(H,22,23)(H,24,27). The molecule has 1 aromatic heterocycles. The van der Waals surface area contributed by atoms with Gasteiger partial charge in [-0.3, -0.25) is 4.79 Å². The quantitative estimate of drug-likeness (QED) is 0.622. The van der Waals surface area contributed by atoms with E-state index in [4.69, 9.17) is 11.6 Å². The molecule has 0 saturated heterocycles. The van der Waals surface area contributed by atoms with E-state index in [2.05, 4.69) is 27.1 Å². The minimum Gasteiger partial charge on any atom is -0.340 e. The summed E-state index contributed by atoms with van der Waals surface area (Å²) in [6, 6.07) is 16.5. The van der Waals surface area contributed by atoms with Crippen LogP contribution in [0, 0.1) is 0 Å². The Hall–Kier alpha value is -3.09. The zero-order valence-corrected chi connectivity index (χ0v) is 15.4. The Morgan fingerprint density at radius 1 is 1.15 bits per heavy atom. The van der Waals surface area contributed by atoms with Gasteiger partial charge in [0.05, 0.1) is 11.3 Å². The van der Waals surface area contributed by atoms with Crippen LogP contribution in [0.2, 0.25) is 5.02 Å². The summed E-state index contributed by atoms with van der Waals surface area (Å²) in [5.74, 6) is 0.252. The molecule has 0 bridgehead atoms. The molecule has 136 valence electrons. The first-order valence-electron chi connectivity index (χ1n) is 8.48. The average molecular weight is 380 g/mol. The lowest BCUT2D eigenvalue weighted by Gasteiger charge is -2.12. The van der Waals surface area contributed by atoms with Gasteiger partial charge in [0.2, 0.25) is 0 Å². The average Bonchev–Trinajstić information content (AvgIpc) is 3.03. The van der Waals surface area contributed by atoms with Crippen molar-refractivity contribution < 1.29 is 4.79 Å². The zero-order valence-electron chi connectivity index (χ0n) is 14.7. The summed E-state index contributed by atoms with van der Waals surface area (Å²) in [6.45, 7) is 0.855. The van der Waals surface area contributed by atoms with Gasteiger partial charge in [0.25, 0.3) is 5.91 Å². The van der Waals surface area contributed by atoms with Crippen LogP contribution in [-0.4, -0.2) is 22.9 Å². The zero-order chi connectivity index (χ0) is 18.8. The predicted octanol–water partition coefficient (Wildman–Crippen LogP) is 4.50. The van der Waals surface area contributed by atoms with Crippen LogP contribution in [0.4, 0.5) is 22.9 Å². The molecule has 0 spiro atoms. The van der Waals surface area contributed by atoms with Crippen LogP contribution < -0.4 is 16.1 Å². The highest BCUT2D eigenvalue weighted by Crippen LogP contribution is 2.29. The van der Waals surface area contributed by atoms with Crippen molar-refractivity contribution in [3.63, 3.8) is 0 Å². The maximum atomic E-state index is 12.7. The number of carbonyl (C=O) groups excluding carboxylic acids is 1. The highest BCUT2D eigenvalue weighted by molar-refractivity contribution is 6.30. The number of aromatic nitrogens is 1. The molecule has 2 aromatic carbocycles. The van der Waals surface area contributed by atoms with E-state index in [0.717, 1.165) is 17.9 Å². The highest BCUT2D eigenvalue weighted by atomic mass is 35.5. The molecule has 0 atom stereocenters. The minimum absolute atomic E-state index is 0.244. The fourth-order valence-electron chi connectivity index (χ4n) is 2.95. The van der Waals surface area contributed by atoms with Gasteiger partial charge in [0, 0.05) is 36.2 Å². The maximum absolute atomic E-state index is 12.7. The molecule has 1 amide bonds. The molecule has 0 saturated carbocycles. The predicted molar refractivity (Wildman–Crippen MR) is 108 cm³/mol. The summed E-state index contributed by atoms with van der Waals surface area (Å²) in [4.78, 5) is 17.0. The van der Waals surface area contributed by atoms with E-state index in [1.165, 1.54) is 5.56 Å². The maximum Gasteiger partial charge on any atom is 0.259 e. The summed E-state index contributed by atoms with van der Waals surface area (Å²) in [7, 11) is 1.99. The van der Waals surface area contributed by atoms with Crippen molar-refractivity contribution in [3.05, 3.63) is 76.9 Å². The van der Waals surface area contributed by atoms with Crippen LogP contribution in [0.15, 0.2) is 60.8 Å². The number of hydrogen-bond donors (Lipinski definition) is 3. The Labute approximate surface area is 162 Å². The number of hydrazine groups is 1. The van der Waals surface area contributed by atoms with Crippen molar-refractivity contribution >= 4 is 40.4 Å². The Balaban J connectivity index is 1.55. The molecule has 7 heteroatoms. The number of hydrogen-bond acceptors (Lipinski definition) is 5. The number of nitrogens with zero attached hydrogens (tertiary/aromatic N) is 2. The summed E-state index contributed by atoms with van der Waals surface area (Å²) in [6.07, 6.45) is 1.65. The third-order valence-electron chi connectivity index (χ3n) is 4.25. The fourth-order valence-corrected chi connectivity index (χ4v) is 3.08.